The molecule has 2 N–H and O–H groups in total. The third-order valence-electron chi connectivity index (χ3n) is 3.99. The van der Waals surface area contributed by atoms with Crippen molar-refractivity contribution in [3.8, 4) is 0 Å². The Morgan fingerprint density at radius 3 is 2.65 bits per heavy atom. The van der Waals surface area contributed by atoms with Crippen LogP contribution in [0.3, 0.4) is 0 Å². The molecule has 1 fully saturated rings. The van der Waals surface area contributed by atoms with Crippen molar-refractivity contribution >= 4 is 0 Å². The van der Waals surface area contributed by atoms with Crippen LogP contribution in [0.25, 0.3) is 0 Å². The molecule has 2 rings (SSSR count). The molecule has 0 aliphatic carbocycles. The van der Waals surface area contributed by atoms with Gasteiger partial charge in [-0.05, 0) is 44.0 Å². The third kappa shape index (κ3) is 4.27. The Balaban J connectivity index is 1.91. The van der Waals surface area contributed by atoms with Crippen molar-refractivity contribution in [2.75, 3.05) is 26.2 Å². The summed E-state index contributed by atoms with van der Waals surface area (Å²) in [6.45, 7) is 7.52. The maximum absolute atomic E-state index is 13.0. The zero-order valence-electron chi connectivity index (χ0n) is 12.4. The summed E-state index contributed by atoms with van der Waals surface area (Å²) in [5.41, 5.74) is 0.586. The lowest BCUT2D eigenvalue weighted by molar-refractivity contribution is 0.0683. The molecule has 0 saturated carbocycles. The second-order valence-corrected chi connectivity index (χ2v) is 5.97. The number of aliphatic hydroxyl groups is 1. The minimum absolute atomic E-state index is 0.195. The second-order valence-electron chi connectivity index (χ2n) is 5.97. The van der Waals surface area contributed by atoms with Gasteiger partial charge in [0.1, 0.15) is 5.82 Å². The smallest absolute Gasteiger partial charge is 0.123 e. The summed E-state index contributed by atoms with van der Waals surface area (Å²) >= 11 is 0. The molecule has 3 nitrogen and oxygen atoms in total. The Morgan fingerprint density at radius 1 is 1.40 bits per heavy atom. The van der Waals surface area contributed by atoms with Gasteiger partial charge in [0.15, 0.2) is 0 Å². The van der Waals surface area contributed by atoms with E-state index in [1.54, 1.807) is 0 Å². The van der Waals surface area contributed by atoms with Crippen molar-refractivity contribution < 1.29 is 9.50 Å². The second kappa shape index (κ2) is 6.66. The lowest BCUT2D eigenvalue weighted by Crippen LogP contribution is -2.32. The number of likely N-dealkylation sites (tertiary alicyclic amines) is 1. The molecule has 1 heterocycles. The number of halogens is 1. The maximum atomic E-state index is 13.0. The van der Waals surface area contributed by atoms with Gasteiger partial charge in [-0.2, -0.15) is 0 Å². The van der Waals surface area contributed by atoms with Crippen LogP contribution in [-0.4, -0.2) is 41.8 Å². The largest absolute Gasteiger partial charge is 0.389 e. The molecule has 0 aromatic heterocycles. The first kappa shape index (κ1) is 15.4. The molecular formula is C16H25FN2O. The van der Waals surface area contributed by atoms with Gasteiger partial charge in [-0.15, -0.1) is 0 Å². The van der Waals surface area contributed by atoms with Crippen molar-refractivity contribution in [3.63, 3.8) is 0 Å². The van der Waals surface area contributed by atoms with E-state index in [1.165, 1.54) is 12.1 Å². The number of hydrogen-bond acceptors (Lipinski definition) is 3. The van der Waals surface area contributed by atoms with Crippen LogP contribution in [0.2, 0.25) is 0 Å². The van der Waals surface area contributed by atoms with Crippen molar-refractivity contribution in [2.45, 2.75) is 38.3 Å². The van der Waals surface area contributed by atoms with Gasteiger partial charge >= 0.3 is 0 Å². The van der Waals surface area contributed by atoms with Gasteiger partial charge in [-0.25, -0.2) is 4.39 Å². The van der Waals surface area contributed by atoms with Crippen LogP contribution in [0.15, 0.2) is 24.3 Å². The molecule has 1 saturated heterocycles. The maximum Gasteiger partial charge on any atom is 0.123 e. The molecule has 4 heteroatoms. The molecule has 1 aromatic carbocycles. The lowest BCUT2D eigenvalue weighted by Gasteiger charge is -2.23. The molecule has 20 heavy (non-hydrogen) atoms. The first-order valence-electron chi connectivity index (χ1n) is 7.44. The van der Waals surface area contributed by atoms with Crippen molar-refractivity contribution in [3.05, 3.63) is 35.6 Å². The Morgan fingerprint density at radius 2 is 2.10 bits per heavy atom. The first-order valence-corrected chi connectivity index (χ1v) is 7.44. The van der Waals surface area contributed by atoms with E-state index in [1.807, 2.05) is 19.1 Å². The summed E-state index contributed by atoms with van der Waals surface area (Å²) in [4.78, 5) is 2.30. The van der Waals surface area contributed by atoms with Crippen LogP contribution < -0.4 is 5.32 Å². The first-order chi connectivity index (χ1) is 9.50. The molecule has 0 amide bonds. The molecule has 1 aliphatic heterocycles. The van der Waals surface area contributed by atoms with Crippen LogP contribution >= 0.6 is 0 Å². The van der Waals surface area contributed by atoms with Gasteiger partial charge in [0.2, 0.25) is 0 Å². The van der Waals surface area contributed by atoms with E-state index in [0.717, 1.165) is 44.6 Å². The predicted octanol–water partition coefficient (Wildman–Crippen LogP) is 2.32. The standard InChI is InChI=1S/C16H25FN2O/c1-3-18-15(13-4-6-14(17)7-5-13)8-10-19-11-9-16(2,20)12-19/h4-7,15,18,20H,3,8-12H2,1-2H3. The highest BCUT2D eigenvalue weighted by atomic mass is 19.1. The van der Waals surface area contributed by atoms with Crippen LogP contribution in [-0.2, 0) is 0 Å². The molecule has 2 atom stereocenters. The highest BCUT2D eigenvalue weighted by molar-refractivity contribution is 5.20. The zero-order chi connectivity index (χ0) is 14.6. The van der Waals surface area contributed by atoms with Gasteiger partial charge in [-0.3, -0.25) is 0 Å². The fourth-order valence-electron chi connectivity index (χ4n) is 2.87. The number of nitrogens with one attached hydrogen (secondary N) is 1. The average Bonchev–Trinajstić information content (AvgIpc) is 2.75. The van der Waals surface area contributed by atoms with Crippen LogP contribution in [0.4, 0.5) is 4.39 Å². The van der Waals surface area contributed by atoms with Crippen LogP contribution in [0, 0.1) is 5.82 Å². The quantitative estimate of drug-likeness (QED) is 0.839. The van der Waals surface area contributed by atoms with Crippen molar-refractivity contribution in [1.82, 2.24) is 10.2 Å². The highest BCUT2D eigenvalue weighted by Crippen LogP contribution is 2.23. The van der Waals surface area contributed by atoms with E-state index in [9.17, 15) is 9.50 Å². The number of rotatable bonds is 6. The lowest BCUT2D eigenvalue weighted by atomic mass is 10.0. The summed E-state index contributed by atoms with van der Waals surface area (Å²) in [6.07, 6.45) is 1.81. The molecule has 0 spiro atoms. The normalized spacial score (nSPS) is 25.0. The molecule has 0 bridgehead atoms. The van der Waals surface area contributed by atoms with E-state index in [-0.39, 0.29) is 11.9 Å². The average molecular weight is 280 g/mol. The Labute approximate surface area is 120 Å². The van der Waals surface area contributed by atoms with Gasteiger partial charge < -0.3 is 15.3 Å². The molecule has 1 aliphatic rings. The van der Waals surface area contributed by atoms with Crippen molar-refractivity contribution in [2.24, 2.45) is 0 Å². The summed E-state index contributed by atoms with van der Waals surface area (Å²) < 4.78 is 13.0. The number of β-amino-alcohol motifs (C(OH)–C–C–N with tert-alkyl or cyclic N) is 1. The summed E-state index contributed by atoms with van der Waals surface area (Å²) in [5.74, 6) is -0.195. The topological polar surface area (TPSA) is 35.5 Å². The predicted molar refractivity (Wildman–Crippen MR) is 79.1 cm³/mol. The van der Waals surface area contributed by atoms with E-state index >= 15 is 0 Å². The number of nitrogens with zero attached hydrogens (tertiary/aromatic N) is 1. The monoisotopic (exact) mass is 280 g/mol. The molecule has 112 valence electrons. The van der Waals surface area contributed by atoms with Gasteiger partial charge in [0.05, 0.1) is 5.60 Å². The Hall–Kier alpha value is -0.970. The molecule has 0 radical (unpaired) electrons. The van der Waals surface area contributed by atoms with E-state index in [0.29, 0.717) is 0 Å². The summed E-state index contributed by atoms with van der Waals surface area (Å²) in [7, 11) is 0. The van der Waals surface area contributed by atoms with E-state index in [2.05, 4.69) is 17.1 Å². The van der Waals surface area contributed by atoms with Gasteiger partial charge in [0, 0.05) is 25.7 Å². The Kier molecular flexibility index (Phi) is 5.13. The number of benzene rings is 1. The van der Waals surface area contributed by atoms with Crippen LogP contribution in [0.5, 0.6) is 0 Å². The SMILES string of the molecule is CCNC(CCN1CCC(C)(O)C1)c1ccc(F)cc1. The highest BCUT2D eigenvalue weighted by Gasteiger charge is 2.31. The number of hydrogen-bond donors (Lipinski definition) is 2. The summed E-state index contributed by atoms with van der Waals surface area (Å²) in [5, 5.41) is 13.4. The minimum atomic E-state index is -0.538. The van der Waals surface area contributed by atoms with Gasteiger partial charge in [-0.1, -0.05) is 19.1 Å². The van der Waals surface area contributed by atoms with Crippen LogP contribution in [0.1, 0.15) is 38.3 Å². The zero-order valence-corrected chi connectivity index (χ0v) is 12.4. The molecular weight excluding hydrogens is 255 g/mol. The fourth-order valence-corrected chi connectivity index (χ4v) is 2.87. The molecule has 2 unspecified atom stereocenters. The minimum Gasteiger partial charge on any atom is -0.389 e. The van der Waals surface area contributed by atoms with E-state index < -0.39 is 5.60 Å². The third-order valence-corrected chi connectivity index (χ3v) is 3.99. The summed E-state index contributed by atoms with van der Waals surface area (Å²) in [6, 6.07) is 6.97. The Bertz CT molecular complexity index is 419. The fraction of sp³-hybridized carbons (Fsp3) is 0.625. The van der Waals surface area contributed by atoms with Gasteiger partial charge in [0.25, 0.3) is 0 Å². The molecule has 1 aromatic rings. The van der Waals surface area contributed by atoms with E-state index in [4.69, 9.17) is 0 Å². The van der Waals surface area contributed by atoms with Crippen molar-refractivity contribution in [1.29, 1.82) is 0 Å².